The van der Waals surface area contributed by atoms with Crippen LogP contribution in [0, 0.1) is 10.8 Å². The summed E-state index contributed by atoms with van der Waals surface area (Å²) in [5, 5.41) is 18.9. The van der Waals surface area contributed by atoms with Crippen LogP contribution in [0.4, 0.5) is 0 Å². The molecule has 0 atom stereocenters. The number of hydrogen-bond acceptors (Lipinski definition) is 5. The lowest BCUT2D eigenvalue weighted by Gasteiger charge is -2.00. The van der Waals surface area contributed by atoms with E-state index in [4.69, 9.17) is 26.8 Å². The molecule has 130 valence electrons. The van der Waals surface area contributed by atoms with Gasteiger partial charge in [0.15, 0.2) is 5.76 Å². The highest BCUT2D eigenvalue weighted by Gasteiger charge is 2.10. The molecule has 0 aliphatic heterocycles. The smallest absolute Gasteiger partial charge is 0.169 e. The minimum Gasteiger partial charge on any atom is -0.384 e. The van der Waals surface area contributed by atoms with Crippen LogP contribution in [0.5, 0.6) is 0 Å². The number of amidine groups is 2. The zero-order chi connectivity index (χ0) is 16.4. The number of hydrogen-bond donors (Lipinski definition) is 4. The van der Waals surface area contributed by atoms with Crippen LogP contribution in [0.3, 0.4) is 0 Å². The number of aromatic nitrogens is 2. The Kier molecular flexibility index (Phi) is 6.67. The number of rotatable bonds is 4. The van der Waals surface area contributed by atoms with Gasteiger partial charge in [0.1, 0.15) is 23.1 Å². The first-order valence-electron chi connectivity index (χ1n) is 6.77. The quantitative estimate of drug-likeness (QED) is 0.408. The van der Waals surface area contributed by atoms with Gasteiger partial charge in [-0.25, -0.2) is 0 Å². The standard InChI is InChI=1S/C16H14N6O.2ClH/c17-15(18)10-3-1-2-9(6-10)13-7-14(23-22-13)11-4-5-12(16(19)20)21-8-11;;/h1-8H,(H3,17,18)(H3,19,20);2*1H. The number of benzene rings is 1. The van der Waals surface area contributed by atoms with E-state index in [1.807, 2.05) is 12.1 Å². The van der Waals surface area contributed by atoms with Crippen LogP contribution >= 0.6 is 24.8 Å². The lowest BCUT2D eigenvalue weighted by atomic mass is 10.1. The molecule has 0 saturated carbocycles. The van der Waals surface area contributed by atoms with Gasteiger partial charge in [-0.05, 0) is 18.2 Å². The minimum absolute atomic E-state index is 0. The van der Waals surface area contributed by atoms with Crippen LogP contribution in [0.15, 0.2) is 53.2 Å². The zero-order valence-corrected chi connectivity index (χ0v) is 14.5. The Morgan fingerprint density at radius 2 is 1.68 bits per heavy atom. The molecular weight excluding hydrogens is 363 g/mol. The van der Waals surface area contributed by atoms with Gasteiger partial charge in [0, 0.05) is 29.0 Å². The lowest BCUT2D eigenvalue weighted by Crippen LogP contribution is -2.12. The van der Waals surface area contributed by atoms with Gasteiger partial charge in [0.2, 0.25) is 0 Å². The average Bonchev–Trinajstić information content (AvgIpc) is 3.05. The molecule has 3 rings (SSSR count). The summed E-state index contributed by atoms with van der Waals surface area (Å²) in [4.78, 5) is 4.09. The fourth-order valence-corrected chi connectivity index (χ4v) is 2.09. The molecule has 3 aromatic rings. The van der Waals surface area contributed by atoms with Crippen LogP contribution in [0.2, 0.25) is 0 Å². The second-order valence-electron chi connectivity index (χ2n) is 4.92. The van der Waals surface area contributed by atoms with E-state index in [0.29, 0.717) is 22.7 Å². The molecule has 7 nitrogen and oxygen atoms in total. The maximum Gasteiger partial charge on any atom is 0.169 e. The van der Waals surface area contributed by atoms with Crippen molar-refractivity contribution in [1.82, 2.24) is 10.1 Å². The molecule has 2 aromatic heterocycles. The normalized spacial score (nSPS) is 9.60. The third-order valence-corrected chi connectivity index (χ3v) is 3.30. The molecule has 6 N–H and O–H groups in total. The van der Waals surface area contributed by atoms with E-state index in [-0.39, 0.29) is 36.5 Å². The van der Waals surface area contributed by atoms with Crippen molar-refractivity contribution in [3.8, 4) is 22.6 Å². The highest BCUT2D eigenvalue weighted by atomic mass is 35.5. The monoisotopic (exact) mass is 378 g/mol. The van der Waals surface area contributed by atoms with E-state index in [9.17, 15) is 0 Å². The Balaban J connectivity index is 0.00000156. The number of nitrogens with two attached hydrogens (primary N) is 2. The fourth-order valence-electron chi connectivity index (χ4n) is 2.09. The van der Waals surface area contributed by atoms with E-state index < -0.39 is 0 Å². The molecule has 0 saturated heterocycles. The highest BCUT2D eigenvalue weighted by molar-refractivity contribution is 5.96. The van der Waals surface area contributed by atoms with Gasteiger partial charge >= 0.3 is 0 Å². The summed E-state index contributed by atoms with van der Waals surface area (Å²) in [6.45, 7) is 0. The molecule has 0 aliphatic carbocycles. The van der Waals surface area contributed by atoms with Crippen LogP contribution < -0.4 is 11.5 Å². The molecule has 0 unspecified atom stereocenters. The molecule has 9 heteroatoms. The number of nitrogen functional groups attached to an aromatic ring is 2. The second kappa shape index (κ2) is 8.27. The molecular formula is C16H16Cl2N6O. The summed E-state index contributed by atoms with van der Waals surface area (Å²) in [5.74, 6) is 0.464. The first-order chi connectivity index (χ1) is 11.0. The predicted molar refractivity (Wildman–Crippen MR) is 102 cm³/mol. The van der Waals surface area contributed by atoms with Gasteiger partial charge in [-0.3, -0.25) is 15.8 Å². The van der Waals surface area contributed by atoms with Crippen LogP contribution in [0.1, 0.15) is 11.3 Å². The Morgan fingerprint density at radius 1 is 0.920 bits per heavy atom. The maximum atomic E-state index is 7.49. The number of nitrogens with zero attached hydrogens (tertiary/aromatic N) is 2. The molecule has 0 radical (unpaired) electrons. The zero-order valence-electron chi connectivity index (χ0n) is 12.9. The van der Waals surface area contributed by atoms with Crippen molar-refractivity contribution in [2.75, 3.05) is 0 Å². The van der Waals surface area contributed by atoms with E-state index in [1.54, 1.807) is 36.5 Å². The summed E-state index contributed by atoms with van der Waals surface area (Å²) < 4.78 is 5.35. The molecule has 0 fully saturated rings. The van der Waals surface area contributed by atoms with Gasteiger partial charge in [0.05, 0.1) is 0 Å². The van der Waals surface area contributed by atoms with Crippen molar-refractivity contribution in [3.05, 3.63) is 59.9 Å². The van der Waals surface area contributed by atoms with Gasteiger partial charge in [-0.1, -0.05) is 23.4 Å². The minimum atomic E-state index is -0.0872. The number of halogens is 2. The molecule has 1 aromatic carbocycles. The molecule has 0 amide bonds. The Labute approximate surface area is 156 Å². The average molecular weight is 379 g/mol. The third-order valence-electron chi connectivity index (χ3n) is 3.30. The summed E-state index contributed by atoms with van der Waals surface area (Å²) in [7, 11) is 0. The van der Waals surface area contributed by atoms with Gasteiger partial charge in [0.25, 0.3) is 0 Å². The van der Waals surface area contributed by atoms with Crippen molar-refractivity contribution in [3.63, 3.8) is 0 Å². The van der Waals surface area contributed by atoms with Crippen LogP contribution in [0.25, 0.3) is 22.6 Å². The summed E-state index contributed by atoms with van der Waals surface area (Å²) in [6, 6.07) is 12.4. The van der Waals surface area contributed by atoms with Crippen molar-refractivity contribution >= 4 is 36.5 Å². The Hall–Kier alpha value is -2.90. The molecule has 0 aliphatic rings. The van der Waals surface area contributed by atoms with Crippen molar-refractivity contribution in [2.24, 2.45) is 11.5 Å². The summed E-state index contributed by atoms with van der Waals surface area (Å²) in [6.07, 6.45) is 1.58. The molecule has 2 heterocycles. The Bertz CT molecular complexity index is 892. The highest BCUT2D eigenvalue weighted by Crippen LogP contribution is 2.26. The van der Waals surface area contributed by atoms with Crippen molar-refractivity contribution in [2.45, 2.75) is 0 Å². The number of pyridine rings is 1. The van der Waals surface area contributed by atoms with Crippen molar-refractivity contribution < 1.29 is 4.52 Å². The Morgan fingerprint density at radius 3 is 2.28 bits per heavy atom. The SMILES string of the molecule is Cl.Cl.N=C(N)c1cccc(-c2cc(-c3ccc(C(=N)N)nc3)on2)c1. The molecule has 0 bridgehead atoms. The van der Waals surface area contributed by atoms with E-state index in [2.05, 4.69) is 10.1 Å². The van der Waals surface area contributed by atoms with Gasteiger partial charge < -0.3 is 16.0 Å². The van der Waals surface area contributed by atoms with Crippen molar-refractivity contribution in [1.29, 1.82) is 10.8 Å². The number of nitrogens with one attached hydrogen (secondary N) is 2. The second-order valence-corrected chi connectivity index (χ2v) is 4.92. The summed E-state index contributed by atoms with van der Waals surface area (Å²) in [5.41, 5.74) is 14.1. The largest absolute Gasteiger partial charge is 0.384 e. The van der Waals surface area contributed by atoms with E-state index in [0.717, 1.165) is 11.1 Å². The van der Waals surface area contributed by atoms with Gasteiger partial charge in [-0.15, -0.1) is 24.8 Å². The van der Waals surface area contributed by atoms with Gasteiger partial charge in [-0.2, -0.15) is 0 Å². The third kappa shape index (κ3) is 4.34. The first-order valence-corrected chi connectivity index (χ1v) is 6.77. The van der Waals surface area contributed by atoms with Crippen LogP contribution in [-0.2, 0) is 0 Å². The molecule has 0 spiro atoms. The first kappa shape index (κ1) is 20.1. The summed E-state index contributed by atoms with van der Waals surface area (Å²) >= 11 is 0. The topological polar surface area (TPSA) is 139 Å². The van der Waals surface area contributed by atoms with E-state index >= 15 is 0 Å². The predicted octanol–water partition coefficient (Wildman–Crippen LogP) is 2.82. The van der Waals surface area contributed by atoms with Crippen LogP contribution in [-0.4, -0.2) is 21.8 Å². The van der Waals surface area contributed by atoms with E-state index in [1.165, 1.54) is 0 Å². The lowest BCUT2D eigenvalue weighted by molar-refractivity contribution is 0.435. The fraction of sp³-hybridized carbons (Fsp3) is 0. The molecule has 25 heavy (non-hydrogen) atoms. The maximum absolute atomic E-state index is 7.49.